The number of rotatable bonds is 7. The molecular weight excluding hydrogens is 282 g/mol. The molecule has 21 heavy (non-hydrogen) atoms. The van der Waals surface area contributed by atoms with Gasteiger partial charge in [-0.2, -0.15) is 0 Å². The van der Waals surface area contributed by atoms with E-state index in [-0.39, 0.29) is 18.4 Å². The molecule has 0 aromatic heterocycles. The van der Waals surface area contributed by atoms with Gasteiger partial charge < -0.3 is 10.5 Å². The number of nitrogens with two attached hydrogens (primary N) is 1. The van der Waals surface area contributed by atoms with Crippen LogP contribution in [-0.4, -0.2) is 12.6 Å². The van der Waals surface area contributed by atoms with Crippen LogP contribution in [0.5, 0.6) is 5.75 Å². The molecule has 0 heterocycles. The van der Waals surface area contributed by atoms with E-state index in [1.54, 1.807) is 0 Å². The van der Waals surface area contributed by atoms with Crippen molar-refractivity contribution in [2.24, 2.45) is 11.7 Å². The van der Waals surface area contributed by atoms with Crippen LogP contribution in [-0.2, 0) is 6.42 Å². The maximum Gasteiger partial charge on any atom is 0.119 e. The van der Waals surface area contributed by atoms with Crippen molar-refractivity contribution in [2.75, 3.05) is 6.61 Å². The zero-order valence-electron chi connectivity index (χ0n) is 13.2. The maximum atomic E-state index is 5.86. The Morgan fingerprint density at radius 3 is 2.43 bits per heavy atom. The minimum atomic E-state index is 0. The fourth-order valence-electron chi connectivity index (χ4n) is 2.97. The van der Waals surface area contributed by atoms with Crippen LogP contribution in [0.3, 0.4) is 0 Å². The van der Waals surface area contributed by atoms with Crippen LogP contribution in [0.2, 0.25) is 0 Å². The second kappa shape index (κ2) is 10.1. The van der Waals surface area contributed by atoms with Crippen molar-refractivity contribution in [1.29, 1.82) is 0 Å². The standard InChI is InChI=1S/C18H29NO.ClH/c1-15(19)7-8-17-9-11-18(12-10-17)20-14-13-16-5-3-2-4-6-16;/h9-12,15-16H,2-8,13-14,19H2,1H3;1H. The highest BCUT2D eigenvalue weighted by Crippen LogP contribution is 2.26. The van der Waals surface area contributed by atoms with Gasteiger partial charge in [0.2, 0.25) is 0 Å². The van der Waals surface area contributed by atoms with E-state index in [1.165, 1.54) is 44.1 Å². The number of benzene rings is 1. The van der Waals surface area contributed by atoms with Gasteiger partial charge in [0.15, 0.2) is 0 Å². The van der Waals surface area contributed by atoms with Crippen LogP contribution in [0.1, 0.15) is 57.4 Å². The molecule has 1 aromatic carbocycles. The van der Waals surface area contributed by atoms with Crippen LogP contribution >= 0.6 is 12.4 Å². The first kappa shape index (κ1) is 18.3. The number of hydrogen-bond donors (Lipinski definition) is 1. The fraction of sp³-hybridized carbons (Fsp3) is 0.667. The zero-order valence-corrected chi connectivity index (χ0v) is 14.0. The Labute approximate surface area is 135 Å². The Kier molecular flexibility index (Phi) is 8.79. The van der Waals surface area contributed by atoms with Gasteiger partial charge in [0.1, 0.15) is 5.75 Å². The van der Waals surface area contributed by atoms with E-state index < -0.39 is 0 Å². The summed E-state index contributed by atoms with van der Waals surface area (Å²) in [4.78, 5) is 0. The van der Waals surface area contributed by atoms with Gasteiger partial charge in [-0.3, -0.25) is 0 Å². The first-order valence-electron chi connectivity index (χ1n) is 8.21. The third-order valence-electron chi connectivity index (χ3n) is 4.33. The molecule has 1 atom stereocenters. The first-order chi connectivity index (χ1) is 9.74. The van der Waals surface area contributed by atoms with E-state index in [9.17, 15) is 0 Å². The van der Waals surface area contributed by atoms with Gasteiger partial charge in [-0.05, 0) is 49.8 Å². The summed E-state index contributed by atoms with van der Waals surface area (Å²) in [5, 5.41) is 0. The quantitative estimate of drug-likeness (QED) is 0.789. The smallest absolute Gasteiger partial charge is 0.119 e. The summed E-state index contributed by atoms with van der Waals surface area (Å²) in [6, 6.07) is 8.80. The van der Waals surface area contributed by atoms with E-state index in [0.717, 1.165) is 31.1 Å². The summed E-state index contributed by atoms with van der Waals surface area (Å²) in [5.41, 5.74) is 7.13. The average Bonchev–Trinajstić information content (AvgIpc) is 2.47. The third-order valence-corrected chi connectivity index (χ3v) is 4.33. The monoisotopic (exact) mass is 311 g/mol. The SMILES string of the molecule is CC(N)CCc1ccc(OCCC2CCCCC2)cc1.Cl. The largest absolute Gasteiger partial charge is 0.494 e. The summed E-state index contributed by atoms with van der Waals surface area (Å²) in [6.45, 7) is 2.92. The third kappa shape index (κ3) is 7.19. The molecular formula is C18H30ClNO. The van der Waals surface area contributed by atoms with Gasteiger partial charge >= 0.3 is 0 Å². The molecule has 0 aliphatic heterocycles. The first-order valence-corrected chi connectivity index (χ1v) is 8.21. The number of hydrogen-bond acceptors (Lipinski definition) is 2. The summed E-state index contributed by atoms with van der Waals surface area (Å²) >= 11 is 0. The number of aryl methyl sites for hydroxylation is 1. The molecule has 1 fully saturated rings. The molecule has 120 valence electrons. The van der Waals surface area contributed by atoms with Crippen LogP contribution in [0, 0.1) is 5.92 Å². The average molecular weight is 312 g/mol. The molecule has 0 radical (unpaired) electrons. The van der Waals surface area contributed by atoms with E-state index in [4.69, 9.17) is 10.5 Å². The van der Waals surface area contributed by atoms with E-state index >= 15 is 0 Å². The van der Waals surface area contributed by atoms with Gasteiger partial charge in [-0.1, -0.05) is 44.2 Å². The second-order valence-electron chi connectivity index (χ2n) is 6.30. The molecule has 2 rings (SSSR count). The van der Waals surface area contributed by atoms with Crippen LogP contribution in [0.4, 0.5) is 0 Å². The molecule has 1 aliphatic carbocycles. The zero-order chi connectivity index (χ0) is 14.2. The maximum absolute atomic E-state index is 5.86. The van der Waals surface area contributed by atoms with Gasteiger partial charge in [0, 0.05) is 6.04 Å². The summed E-state index contributed by atoms with van der Waals surface area (Å²) in [7, 11) is 0. The molecule has 1 aliphatic rings. The van der Waals surface area contributed by atoms with Crippen molar-refractivity contribution in [3.05, 3.63) is 29.8 Å². The van der Waals surface area contributed by atoms with E-state index in [0.29, 0.717) is 0 Å². The molecule has 0 bridgehead atoms. The summed E-state index contributed by atoms with van der Waals surface area (Å²) in [6.07, 6.45) is 10.4. The Balaban J connectivity index is 0.00000220. The molecule has 1 aromatic rings. The van der Waals surface area contributed by atoms with Crippen molar-refractivity contribution in [3.8, 4) is 5.75 Å². The van der Waals surface area contributed by atoms with Gasteiger partial charge in [-0.25, -0.2) is 0 Å². The number of ether oxygens (including phenoxy) is 1. The Bertz CT molecular complexity index is 371. The highest BCUT2D eigenvalue weighted by atomic mass is 35.5. The summed E-state index contributed by atoms with van der Waals surface area (Å²) in [5.74, 6) is 1.90. The second-order valence-corrected chi connectivity index (χ2v) is 6.30. The lowest BCUT2D eigenvalue weighted by atomic mass is 9.87. The molecule has 1 unspecified atom stereocenters. The Hall–Kier alpha value is -0.730. The van der Waals surface area contributed by atoms with Crippen molar-refractivity contribution in [2.45, 2.75) is 64.3 Å². The highest BCUT2D eigenvalue weighted by molar-refractivity contribution is 5.85. The normalized spacial score (nSPS) is 17.0. The lowest BCUT2D eigenvalue weighted by molar-refractivity contribution is 0.246. The van der Waals surface area contributed by atoms with Gasteiger partial charge in [0.05, 0.1) is 6.61 Å². The molecule has 2 N–H and O–H groups in total. The topological polar surface area (TPSA) is 35.2 Å². The Morgan fingerprint density at radius 1 is 1.14 bits per heavy atom. The van der Waals surface area contributed by atoms with Gasteiger partial charge in [0.25, 0.3) is 0 Å². The van der Waals surface area contributed by atoms with Crippen LogP contribution in [0.15, 0.2) is 24.3 Å². The lowest BCUT2D eigenvalue weighted by Gasteiger charge is -2.21. The fourth-order valence-corrected chi connectivity index (χ4v) is 2.97. The number of halogens is 1. The van der Waals surface area contributed by atoms with Crippen molar-refractivity contribution >= 4 is 12.4 Å². The molecule has 1 saturated carbocycles. The molecule has 0 spiro atoms. The lowest BCUT2D eigenvalue weighted by Crippen LogP contribution is -2.15. The minimum Gasteiger partial charge on any atom is -0.494 e. The van der Waals surface area contributed by atoms with E-state index in [2.05, 4.69) is 31.2 Å². The Morgan fingerprint density at radius 2 is 1.81 bits per heavy atom. The highest BCUT2D eigenvalue weighted by Gasteiger charge is 2.12. The molecule has 2 nitrogen and oxygen atoms in total. The summed E-state index contributed by atoms with van der Waals surface area (Å²) < 4.78 is 5.86. The van der Waals surface area contributed by atoms with Crippen molar-refractivity contribution < 1.29 is 4.74 Å². The molecule has 0 saturated heterocycles. The predicted octanol–water partition coefficient (Wildman–Crippen LogP) is 4.74. The van der Waals surface area contributed by atoms with Crippen molar-refractivity contribution in [1.82, 2.24) is 0 Å². The van der Waals surface area contributed by atoms with Crippen LogP contribution in [0.25, 0.3) is 0 Å². The van der Waals surface area contributed by atoms with E-state index in [1.807, 2.05) is 0 Å². The van der Waals surface area contributed by atoms with Crippen molar-refractivity contribution in [3.63, 3.8) is 0 Å². The predicted molar refractivity (Wildman–Crippen MR) is 92.3 cm³/mol. The molecule has 3 heteroatoms. The van der Waals surface area contributed by atoms with Gasteiger partial charge in [-0.15, -0.1) is 12.4 Å². The minimum absolute atomic E-state index is 0. The van der Waals surface area contributed by atoms with Crippen LogP contribution < -0.4 is 10.5 Å². The molecule has 0 amide bonds.